The molecule has 0 aliphatic rings. The first kappa shape index (κ1) is 17.1. The van der Waals surface area contributed by atoms with Gasteiger partial charge in [0.1, 0.15) is 0 Å². The quantitative estimate of drug-likeness (QED) is 0.813. The number of pyridine rings is 1. The van der Waals surface area contributed by atoms with Crippen molar-refractivity contribution in [3.63, 3.8) is 0 Å². The number of aromatic nitrogens is 1. The van der Waals surface area contributed by atoms with Gasteiger partial charge >= 0.3 is 0 Å². The second-order valence-corrected chi connectivity index (χ2v) is 7.44. The van der Waals surface area contributed by atoms with Crippen molar-refractivity contribution in [3.05, 3.63) is 59.9 Å². The number of sulfone groups is 1. The van der Waals surface area contributed by atoms with Gasteiger partial charge in [-0.2, -0.15) is 0 Å². The summed E-state index contributed by atoms with van der Waals surface area (Å²) in [5, 5.41) is 0. The van der Waals surface area contributed by atoms with Gasteiger partial charge in [0.05, 0.1) is 16.2 Å². The normalized spacial score (nSPS) is 11.2. The van der Waals surface area contributed by atoms with E-state index in [4.69, 9.17) is 0 Å². The van der Waals surface area contributed by atoms with Gasteiger partial charge in [0.25, 0.3) is 5.91 Å². The summed E-state index contributed by atoms with van der Waals surface area (Å²) in [6.07, 6.45) is 2.33. The average Bonchev–Trinajstić information content (AvgIpc) is 2.60. The molecule has 0 atom stereocenters. The highest BCUT2D eigenvalue weighted by molar-refractivity contribution is 7.91. The van der Waals surface area contributed by atoms with Crippen LogP contribution in [0.15, 0.2) is 53.6 Å². The summed E-state index contributed by atoms with van der Waals surface area (Å²) in [4.78, 5) is 18.4. The molecular weight excluding hydrogens is 312 g/mol. The molecule has 2 aromatic rings. The van der Waals surface area contributed by atoms with E-state index in [1.165, 1.54) is 11.0 Å². The van der Waals surface area contributed by atoms with E-state index >= 15 is 0 Å². The summed E-state index contributed by atoms with van der Waals surface area (Å²) in [6, 6.07) is 12.0. The van der Waals surface area contributed by atoms with Crippen molar-refractivity contribution in [1.82, 2.24) is 9.88 Å². The molecule has 1 heterocycles. The molecule has 0 aliphatic carbocycles. The molecule has 0 saturated carbocycles. The molecule has 1 amide bonds. The summed E-state index contributed by atoms with van der Waals surface area (Å²) < 4.78 is 24.3. The maximum absolute atomic E-state index is 12.6. The van der Waals surface area contributed by atoms with Gasteiger partial charge in [-0.15, -0.1) is 0 Å². The third-order valence-corrected chi connectivity index (χ3v) is 5.39. The SMILES string of the molecule is CCS(=O)(=O)c1ccccc1C(=O)N(C)CCc1ccccn1. The zero-order chi connectivity index (χ0) is 16.9. The third kappa shape index (κ3) is 4.16. The Morgan fingerprint density at radius 3 is 2.48 bits per heavy atom. The van der Waals surface area contributed by atoms with Crippen LogP contribution in [0.1, 0.15) is 23.0 Å². The van der Waals surface area contributed by atoms with E-state index < -0.39 is 9.84 Å². The fourth-order valence-corrected chi connectivity index (χ4v) is 3.29. The number of carbonyl (C=O) groups is 1. The number of hydrogen-bond acceptors (Lipinski definition) is 4. The Balaban J connectivity index is 2.17. The van der Waals surface area contributed by atoms with Crippen LogP contribution >= 0.6 is 0 Å². The van der Waals surface area contributed by atoms with Crippen molar-refractivity contribution in [2.75, 3.05) is 19.3 Å². The molecule has 0 radical (unpaired) electrons. The molecule has 1 aromatic carbocycles. The van der Waals surface area contributed by atoms with Gasteiger partial charge in [0.15, 0.2) is 9.84 Å². The van der Waals surface area contributed by atoms with E-state index in [0.29, 0.717) is 13.0 Å². The summed E-state index contributed by atoms with van der Waals surface area (Å²) in [6.45, 7) is 2.04. The summed E-state index contributed by atoms with van der Waals surface area (Å²) in [5.41, 5.74) is 1.11. The molecule has 23 heavy (non-hydrogen) atoms. The van der Waals surface area contributed by atoms with Crippen LogP contribution < -0.4 is 0 Å². The lowest BCUT2D eigenvalue weighted by molar-refractivity contribution is 0.0792. The van der Waals surface area contributed by atoms with E-state index in [1.807, 2.05) is 18.2 Å². The fourth-order valence-electron chi connectivity index (χ4n) is 2.21. The zero-order valence-electron chi connectivity index (χ0n) is 13.3. The first-order valence-electron chi connectivity index (χ1n) is 7.43. The Labute approximate surface area is 136 Å². The van der Waals surface area contributed by atoms with Crippen LogP contribution in [0, 0.1) is 0 Å². The predicted octanol–water partition coefficient (Wildman–Crippen LogP) is 2.19. The van der Waals surface area contributed by atoms with Gasteiger partial charge in [-0.3, -0.25) is 9.78 Å². The molecule has 6 heteroatoms. The van der Waals surface area contributed by atoms with E-state index in [0.717, 1.165) is 5.69 Å². The summed E-state index contributed by atoms with van der Waals surface area (Å²) in [5.74, 6) is -0.330. The first-order valence-corrected chi connectivity index (χ1v) is 9.08. The number of nitrogens with zero attached hydrogens (tertiary/aromatic N) is 2. The Kier molecular flexibility index (Phi) is 5.50. The molecule has 2 rings (SSSR count). The lowest BCUT2D eigenvalue weighted by Crippen LogP contribution is -2.30. The highest BCUT2D eigenvalue weighted by Crippen LogP contribution is 2.18. The van der Waals surface area contributed by atoms with Crippen LogP contribution in [0.5, 0.6) is 0 Å². The lowest BCUT2D eigenvalue weighted by Gasteiger charge is -2.18. The van der Waals surface area contributed by atoms with Crippen molar-refractivity contribution >= 4 is 15.7 Å². The van der Waals surface area contributed by atoms with E-state index in [-0.39, 0.29) is 22.1 Å². The average molecular weight is 332 g/mol. The second-order valence-electron chi connectivity index (χ2n) is 5.20. The minimum absolute atomic E-state index is 0.0328. The largest absolute Gasteiger partial charge is 0.341 e. The van der Waals surface area contributed by atoms with Crippen LogP contribution in [0.25, 0.3) is 0 Å². The maximum atomic E-state index is 12.6. The van der Waals surface area contributed by atoms with Crippen LogP contribution in [0.4, 0.5) is 0 Å². The standard InChI is InChI=1S/C17H20N2O3S/c1-3-23(21,22)16-10-5-4-9-15(16)17(20)19(2)13-11-14-8-6-7-12-18-14/h4-10,12H,3,11,13H2,1-2H3. The van der Waals surface area contributed by atoms with Gasteiger partial charge in [0.2, 0.25) is 0 Å². The fraction of sp³-hybridized carbons (Fsp3) is 0.294. The molecular formula is C17H20N2O3S. The maximum Gasteiger partial charge on any atom is 0.254 e. The van der Waals surface area contributed by atoms with Crippen LogP contribution in [-0.2, 0) is 16.3 Å². The molecule has 122 valence electrons. The number of likely N-dealkylation sites (N-methyl/N-ethyl adjacent to an activating group) is 1. The molecule has 1 aromatic heterocycles. The predicted molar refractivity (Wildman–Crippen MR) is 89.1 cm³/mol. The molecule has 0 saturated heterocycles. The van der Waals surface area contributed by atoms with Gasteiger partial charge in [0, 0.05) is 31.9 Å². The monoisotopic (exact) mass is 332 g/mol. The van der Waals surface area contributed by atoms with Gasteiger partial charge in [-0.25, -0.2) is 8.42 Å². The molecule has 0 N–H and O–H groups in total. The van der Waals surface area contributed by atoms with Crippen molar-refractivity contribution in [1.29, 1.82) is 0 Å². The highest BCUT2D eigenvalue weighted by Gasteiger charge is 2.22. The molecule has 0 fully saturated rings. The number of rotatable bonds is 6. The number of amides is 1. The Bertz CT molecular complexity index is 773. The van der Waals surface area contributed by atoms with Crippen molar-refractivity contribution in [2.45, 2.75) is 18.2 Å². The highest BCUT2D eigenvalue weighted by atomic mass is 32.2. The third-order valence-electron chi connectivity index (χ3n) is 3.61. The zero-order valence-corrected chi connectivity index (χ0v) is 14.1. The van der Waals surface area contributed by atoms with E-state index in [1.54, 1.807) is 38.4 Å². The van der Waals surface area contributed by atoms with Gasteiger partial charge in [-0.05, 0) is 24.3 Å². The molecule has 5 nitrogen and oxygen atoms in total. The second kappa shape index (κ2) is 7.37. The van der Waals surface area contributed by atoms with Gasteiger partial charge in [-0.1, -0.05) is 25.1 Å². The minimum Gasteiger partial charge on any atom is -0.341 e. The van der Waals surface area contributed by atoms with Crippen LogP contribution in [-0.4, -0.2) is 43.6 Å². The van der Waals surface area contributed by atoms with E-state index in [2.05, 4.69) is 4.98 Å². The number of hydrogen-bond donors (Lipinski definition) is 0. The molecule has 0 aliphatic heterocycles. The van der Waals surface area contributed by atoms with Gasteiger partial charge < -0.3 is 4.90 Å². The Morgan fingerprint density at radius 1 is 1.13 bits per heavy atom. The van der Waals surface area contributed by atoms with Crippen molar-refractivity contribution < 1.29 is 13.2 Å². The molecule has 0 unspecified atom stereocenters. The van der Waals surface area contributed by atoms with Crippen LogP contribution in [0.3, 0.4) is 0 Å². The molecule has 0 bridgehead atoms. The topological polar surface area (TPSA) is 67.3 Å². The lowest BCUT2D eigenvalue weighted by atomic mass is 10.2. The number of carbonyl (C=O) groups excluding carboxylic acids is 1. The minimum atomic E-state index is -3.43. The summed E-state index contributed by atoms with van der Waals surface area (Å²) >= 11 is 0. The number of benzene rings is 1. The Morgan fingerprint density at radius 2 is 1.83 bits per heavy atom. The van der Waals surface area contributed by atoms with Crippen LogP contribution in [0.2, 0.25) is 0 Å². The smallest absolute Gasteiger partial charge is 0.254 e. The first-order chi connectivity index (χ1) is 11.0. The Hall–Kier alpha value is -2.21. The molecule has 0 spiro atoms. The van der Waals surface area contributed by atoms with Crippen molar-refractivity contribution in [2.24, 2.45) is 0 Å². The van der Waals surface area contributed by atoms with E-state index in [9.17, 15) is 13.2 Å². The summed E-state index contributed by atoms with van der Waals surface area (Å²) in [7, 11) is -1.77. The van der Waals surface area contributed by atoms with Crippen molar-refractivity contribution in [3.8, 4) is 0 Å².